The van der Waals surface area contributed by atoms with E-state index in [9.17, 15) is 14.9 Å². The third-order valence-corrected chi connectivity index (χ3v) is 6.54. The van der Waals surface area contributed by atoms with Crippen LogP contribution in [0.3, 0.4) is 0 Å². The second-order valence-corrected chi connectivity index (χ2v) is 9.63. The first kappa shape index (κ1) is 26.5. The van der Waals surface area contributed by atoms with Gasteiger partial charge in [0.15, 0.2) is 6.29 Å². The Bertz CT molecular complexity index is 1170. The standard InChI is InChI=1S/C26H34N8O3/c1-17-13-33(14-18(2)30-17)15-20-9-19-5-4-7-34(25(19)31-23(20)16-35)26(36)32-24-10-22(28-6-8-37-3)21(11-27)12-29-24/h9-10,12,16-18,30H,4-8,13-15H2,1-3H3,(H2,28,29,32,36)/t17-,18-/m0/s1. The Labute approximate surface area is 217 Å². The molecule has 0 radical (unpaired) electrons. The molecular formula is C26H34N8O3. The number of hydrogen-bond donors (Lipinski definition) is 3. The van der Waals surface area contributed by atoms with Gasteiger partial charge in [-0.2, -0.15) is 5.26 Å². The van der Waals surface area contributed by atoms with Gasteiger partial charge < -0.3 is 15.4 Å². The molecule has 37 heavy (non-hydrogen) atoms. The van der Waals surface area contributed by atoms with E-state index in [0.29, 0.717) is 66.9 Å². The first-order valence-electron chi connectivity index (χ1n) is 12.6. The van der Waals surface area contributed by atoms with Crippen molar-refractivity contribution in [1.82, 2.24) is 20.2 Å². The number of nitrogens with one attached hydrogen (secondary N) is 3. The summed E-state index contributed by atoms with van der Waals surface area (Å²) in [4.78, 5) is 38.0. The third-order valence-electron chi connectivity index (χ3n) is 6.54. The van der Waals surface area contributed by atoms with Crippen LogP contribution in [-0.4, -0.2) is 79.2 Å². The van der Waals surface area contributed by atoms with Crippen molar-refractivity contribution in [1.29, 1.82) is 5.26 Å². The highest BCUT2D eigenvalue weighted by atomic mass is 16.5. The zero-order chi connectivity index (χ0) is 26.4. The number of pyridine rings is 2. The van der Waals surface area contributed by atoms with Crippen molar-refractivity contribution in [3.63, 3.8) is 0 Å². The number of ether oxygens (including phenoxy) is 1. The van der Waals surface area contributed by atoms with Gasteiger partial charge in [-0.3, -0.25) is 19.9 Å². The lowest BCUT2D eigenvalue weighted by molar-refractivity contribution is 0.111. The normalized spacial score (nSPS) is 19.6. The number of rotatable bonds is 8. The second-order valence-electron chi connectivity index (χ2n) is 9.63. The Morgan fingerprint density at radius 3 is 2.81 bits per heavy atom. The van der Waals surface area contributed by atoms with Gasteiger partial charge in [0.1, 0.15) is 23.4 Å². The summed E-state index contributed by atoms with van der Waals surface area (Å²) in [5, 5.41) is 18.8. The molecule has 11 heteroatoms. The van der Waals surface area contributed by atoms with Crippen molar-refractivity contribution in [2.45, 2.75) is 45.3 Å². The number of amides is 2. The van der Waals surface area contributed by atoms with E-state index >= 15 is 0 Å². The van der Waals surface area contributed by atoms with Crippen molar-refractivity contribution in [2.24, 2.45) is 0 Å². The molecular weight excluding hydrogens is 472 g/mol. The molecule has 0 bridgehead atoms. The second kappa shape index (κ2) is 12.1. The highest BCUT2D eigenvalue weighted by Gasteiger charge is 2.28. The molecule has 2 aliphatic rings. The van der Waals surface area contributed by atoms with E-state index in [1.165, 1.54) is 6.20 Å². The van der Waals surface area contributed by atoms with E-state index < -0.39 is 0 Å². The fraction of sp³-hybridized carbons (Fsp3) is 0.500. The Kier molecular flexibility index (Phi) is 8.66. The average molecular weight is 507 g/mol. The molecule has 2 amide bonds. The van der Waals surface area contributed by atoms with Crippen molar-refractivity contribution >= 4 is 29.6 Å². The molecule has 2 aromatic heterocycles. The molecule has 1 fully saturated rings. The van der Waals surface area contributed by atoms with Crippen LogP contribution in [0.4, 0.5) is 22.1 Å². The summed E-state index contributed by atoms with van der Waals surface area (Å²) < 4.78 is 5.05. The van der Waals surface area contributed by atoms with Crippen LogP contribution in [0.15, 0.2) is 18.3 Å². The molecule has 11 nitrogen and oxygen atoms in total. The predicted molar refractivity (Wildman–Crippen MR) is 141 cm³/mol. The number of nitriles is 1. The number of methoxy groups -OCH3 is 1. The molecule has 0 saturated carbocycles. The summed E-state index contributed by atoms with van der Waals surface area (Å²) in [6.45, 7) is 8.21. The van der Waals surface area contributed by atoms with Crippen LogP contribution in [0.1, 0.15) is 47.4 Å². The number of carbonyl (C=O) groups excluding carboxylic acids is 2. The summed E-state index contributed by atoms with van der Waals surface area (Å²) in [7, 11) is 1.60. The smallest absolute Gasteiger partial charge is 0.328 e. The van der Waals surface area contributed by atoms with E-state index in [0.717, 1.165) is 43.3 Å². The number of anilines is 3. The summed E-state index contributed by atoms with van der Waals surface area (Å²) in [6.07, 6.45) is 3.76. The van der Waals surface area contributed by atoms with Crippen LogP contribution in [0, 0.1) is 11.3 Å². The van der Waals surface area contributed by atoms with Gasteiger partial charge in [0.05, 0.1) is 17.9 Å². The molecule has 4 heterocycles. The maximum atomic E-state index is 13.3. The lowest BCUT2D eigenvalue weighted by atomic mass is 10.0. The molecule has 196 valence electrons. The Morgan fingerprint density at radius 2 is 2.11 bits per heavy atom. The minimum Gasteiger partial charge on any atom is -0.383 e. The Morgan fingerprint density at radius 1 is 1.32 bits per heavy atom. The van der Waals surface area contributed by atoms with Crippen molar-refractivity contribution < 1.29 is 14.3 Å². The van der Waals surface area contributed by atoms with E-state index in [1.54, 1.807) is 18.1 Å². The zero-order valence-electron chi connectivity index (χ0n) is 21.6. The largest absolute Gasteiger partial charge is 0.383 e. The molecule has 0 spiro atoms. The average Bonchev–Trinajstić information content (AvgIpc) is 2.87. The number of nitrogens with zero attached hydrogens (tertiary/aromatic N) is 5. The number of fused-ring (bicyclic) bond motifs is 1. The van der Waals surface area contributed by atoms with E-state index in [1.807, 2.05) is 6.07 Å². The maximum Gasteiger partial charge on any atom is 0.328 e. The summed E-state index contributed by atoms with van der Waals surface area (Å²) in [5.41, 5.74) is 3.13. The fourth-order valence-corrected chi connectivity index (χ4v) is 5.02. The summed E-state index contributed by atoms with van der Waals surface area (Å²) in [5.74, 6) is 0.814. The summed E-state index contributed by atoms with van der Waals surface area (Å²) >= 11 is 0. The Hall–Kier alpha value is -3.59. The van der Waals surface area contributed by atoms with Crippen LogP contribution in [0.5, 0.6) is 0 Å². The fourth-order valence-electron chi connectivity index (χ4n) is 5.02. The van der Waals surface area contributed by atoms with Crippen molar-refractivity contribution in [3.8, 4) is 6.07 Å². The first-order chi connectivity index (χ1) is 17.9. The first-order valence-corrected chi connectivity index (χ1v) is 12.6. The number of aldehydes is 1. The van der Waals surface area contributed by atoms with Gasteiger partial charge in [-0.1, -0.05) is 0 Å². The molecule has 0 unspecified atom stereocenters. The monoisotopic (exact) mass is 506 g/mol. The van der Waals surface area contributed by atoms with Crippen LogP contribution in [-0.2, 0) is 17.7 Å². The van der Waals surface area contributed by atoms with Crippen molar-refractivity contribution in [2.75, 3.05) is 55.4 Å². The van der Waals surface area contributed by atoms with Crippen LogP contribution < -0.4 is 20.9 Å². The van der Waals surface area contributed by atoms with E-state index in [-0.39, 0.29) is 6.03 Å². The lowest BCUT2D eigenvalue weighted by Crippen LogP contribution is -2.53. The SMILES string of the molecule is COCCNc1cc(NC(=O)N2CCCc3cc(CN4C[C@H](C)N[C@@H](C)C4)c(C=O)nc32)ncc1C#N. The molecule has 2 atom stereocenters. The highest BCUT2D eigenvalue weighted by Crippen LogP contribution is 2.29. The third kappa shape index (κ3) is 6.40. The van der Waals surface area contributed by atoms with Gasteiger partial charge in [-0.05, 0) is 43.9 Å². The number of hydrogen-bond acceptors (Lipinski definition) is 9. The highest BCUT2D eigenvalue weighted by molar-refractivity contribution is 6.01. The molecule has 0 aromatic carbocycles. The number of piperazine rings is 1. The number of aryl methyl sites for hydroxylation is 1. The summed E-state index contributed by atoms with van der Waals surface area (Å²) in [6, 6.07) is 6.11. The van der Waals surface area contributed by atoms with Crippen LogP contribution in [0.2, 0.25) is 0 Å². The van der Waals surface area contributed by atoms with Crippen LogP contribution >= 0.6 is 0 Å². The van der Waals surface area contributed by atoms with Gasteiger partial charge in [-0.25, -0.2) is 14.8 Å². The molecule has 4 rings (SSSR count). The molecule has 1 saturated heterocycles. The molecule has 2 aliphatic heterocycles. The predicted octanol–water partition coefficient (Wildman–Crippen LogP) is 2.39. The number of aromatic nitrogens is 2. The number of urea groups is 1. The quantitative estimate of drug-likeness (QED) is 0.364. The lowest BCUT2D eigenvalue weighted by Gasteiger charge is -2.36. The topological polar surface area (TPSA) is 136 Å². The van der Waals surface area contributed by atoms with Gasteiger partial charge >= 0.3 is 6.03 Å². The van der Waals surface area contributed by atoms with E-state index in [4.69, 9.17) is 4.74 Å². The van der Waals surface area contributed by atoms with Gasteiger partial charge in [0.2, 0.25) is 0 Å². The minimum absolute atomic E-state index is 0.310. The zero-order valence-corrected chi connectivity index (χ0v) is 21.6. The Balaban J connectivity index is 1.53. The molecule has 3 N–H and O–H groups in total. The number of carbonyl (C=O) groups is 2. The van der Waals surface area contributed by atoms with Gasteiger partial charge in [0, 0.05) is 64.2 Å². The molecule has 0 aliphatic carbocycles. The van der Waals surface area contributed by atoms with Gasteiger partial charge in [0.25, 0.3) is 0 Å². The minimum atomic E-state index is -0.386. The van der Waals surface area contributed by atoms with Crippen LogP contribution in [0.25, 0.3) is 0 Å². The molecule has 2 aromatic rings. The van der Waals surface area contributed by atoms with E-state index in [2.05, 4.69) is 50.7 Å². The maximum absolute atomic E-state index is 13.3. The van der Waals surface area contributed by atoms with Crippen molar-refractivity contribution in [3.05, 3.63) is 40.7 Å². The van der Waals surface area contributed by atoms with Gasteiger partial charge in [-0.15, -0.1) is 0 Å².